The van der Waals surface area contributed by atoms with Crippen LogP contribution in [-0.2, 0) is 6.42 Å². The third-order valence-electron chi connectivity index (χ3n) is 3.22. The van der Waals surface area contributed by atoms with E-state index in [1.807, 2.05) is 18.2 Å². The van der Waals surface area contributed by atoms with Crippen molar-refractivity contribution >= 4 is 0 Å². The van der Waals surface area contributed by atoms with Crippen molar-refractivity contribution in [3.05, 3.63) is 35.4 Å². The molecule has 0 amide bonds. The third kappa shape index (κ3) is 3.05. The van der Waals surface area contributed by atoms with Crippen molar-refractivity contribution in [2.45, 2.75) is 32.3 Å². The Bertz CT molecular complexity index is 437. The van der Waals surface area contributed by atoms with Crippen molar-refractivity contribution in [2.75, 3.05) is 13.7 Å². The summed E-state index contributed by atoms with van der Waals surface area (Å²) in [6.45, 7) is 2.12. The van der Waals surface area contributed by atoms with Crippen LogP contribution in [0.2, 0.25) is 0 Å². The molecule has 1 heterocycles. The summed E-state index contributed by atoms with van der Waals surface area (Å²) in [6, 6.07) is 5.83. The summed E-state index contributed by atoms with van der Waals surface area (Å²) < 4.78 is 11.1. The van der Waals surface area contributed by atoms with Crippen LogP contribution >= 0.6 is 0 Å². The predicted molar refractivity (Wildman–Crippen MR) is 71.2 cm³/mol. The number of methoxy groups -OCH3 is 1. The largest absolute Gasteiger partial charge is 0.497 e. The van der Waals surface area contributed by atoms with Gasteiger partial charge < -0.3 is 14.6 Å². The topological polar surface area (TPSA) is 38.7 Å². The van der Waals surface area contributed by atoms with Gasteiger partial charge in [-0.15, -0.1) is 0 Å². The summed E-state index contributed by atoms with van der Waals surface area (Å²) in [4.78, 5) is 0. The second-order valence-electron chi connectivity index (χ2n) is 4.69. The second-order valence-corrected chi connectivity index (χ2v) is 4.69. The summed E-state index contributed by atoms with van der Waals surface area (Å²) in [7, 11) is 1.66. The number of fused-ring (bicyclic) bond motifs is 1. The van der Waals surface area contributed by atoms with E-state index < -0.39 is 0 Å². The van der Waals surface area contributed by atoms with Crippen LogP contribution in [0.4, 0.5) is 0 Å². The van der Waals surface area contributed by atoms with Gasteiger partial charge >= 0.3 is 0 Å². The molecule has 0 spiro atoms. The van der Waals surface area contributed by atoms with Gasteiger partial charge in [-0.3, -0.25) is 0 Å². The molecule has 3 heteroatoms. The SMILES string of the molecule is COc1ccc2c(c1)CCC=C(C)CC(CO)O2. The molecule has 0 aliphatic carbocycles. The molecule has 1 aromatic carbocycles. The number of aliphatic hydroxyl groups is 1. The average molecular weight is 248 g/mol. The minimum absolute atomic E-state index is 0.0383. The zero-order valence-corrected chi connectivity index (χ0v) is 11.0. The highest BCUT2D eigenvalue weighted by Crippen LogP contribution is 2.28. The fourth-order valence-corrected chi connectivity index (χ4v) is 2.23. The quantitative estimate of drug-likeness (QED) is 0.818. The number of aryl methyl sites for hydroxylation is 1. The molecule has 1 N–H and O–H groups in total. The lowest BCUT2D eigenvalue weighted by molar-refractivity contribution is 0.115. The van der Waals surface area contributed by atoms with Crippen LogP contribution in [0.3, 0.4) is 0 Å². The highest BCUT2D eigenvalue weighted by atomic mass is 16.5. The van der Waals surface area contributed by atoms with Crippen molar-refractivity contribution in [1.82, 2.24) is 0 Å². The summed E-state index contributed by atoms with van der Waals surface area (Å²) in [5.41, 5.74) is 2.41. The molecular formula is C15H20O3. The number of hydrogen-bond donors (Lipinski definition) is 1. The van der Waals surface area contributed by atoms with Crippen molar-refractivity contribution < 1.29 is 14.6 Å². The molecule has 0 aromatic heterocycles. The molecular weight excluding hydrogens is 228 g/mol. The van der Waals surface area contributed by atoms with Crippen LogP contribution in [0, 0.1) is 0 Å². The fourth-order valence-electron chi connectivity index (χ4n) is 2.23. The molecule has 1 aliphatic rings. The monoisotopic (exact) mass is 248 g/mol. The smallest absolute Gasteiger partial charge is 0.125 e. The van der Waals surface area contributed by atoms with E-state index in [9.17, 15) is 5.11 Å². The van der Waals surface area contributed by atoms with Gasteiger partial charge in [0.25, 0.3) is 0 Å². The van der Waals surface area contributed by atoms with E-state index in [4.69, 9.17) is 9.47 Å². The van der Waals surface area contributed by atoms with Crippen LogP contribution in [-0.4, -0.2) is 24.9 Å². The van der Waals surface area contributed by atoms with Crippen molar-refractivity contribution in [3.63, 3.8) is 0 Å². The zero-order valence-electron chi connectivity index (χ0n) is 11.0. The Morgan fingerprint density at radius 2 is 2.28 bits per heavy atom. The van der Waals surface area contributed by atoms with Crippen molar-refractivity contribution in [2.24, 2.45) is 0 Å². The lowest BCUT2D eigenvalue weighted by atomic mass is 10.1. The maximum atomic E-state index is 9.37. The van der Waals surface area contributed by atoms with E-state index in [0.29, 0.717) is 0 Å². The summed E-state index contributed by atoms with van der Waals surface area (Å²) in [5, 5.41) is 9.37. The van der Waals surface area contributed by atoms with E-state index in [2.05, 4.69) is 13.0 Å². The van der Waals surface area contributed by atoms with Gasteiger partial charge in [-0.2, -0.15) is 0 Å². The molecule has 1 unspecified atom stereocenters. The van der Waals surface area contributed by atoms with E-state index in [-0.39, 0.29) is 12.7 Å². The lowest BCUT2D eigenvalue weighted by Crippen LogP contribution is -2.21. The minimum atomic E-state index is -0.161. The average Bonchev–Trinajstić information content (AvgIpc) is 2.46. The minimum Gasteiger partial charge on any atom is -0.497 e. The van der Waals surface area contributed by atoms with Crippen LogP contribution in [0.25, 0.3) is 0 Å². The number of hydrogen-bond acceptors (Lipinski definition) is 3. The Morgan fingerprint density at radius 3 is 3.00 bits per heavy atom. The number of benzene rings is 1. The van der Waals surface area contributed by atoms with Crippen LogP contribution < -0.4 is 9.47 Å². The second kappa shape index (κ2) is 5.91. The van der Waals surface area contributed by atoms with Crippen molar-refractivity contribution in [3.8, 4) is 11.5 Å². The molecule has 18 heavy (non-hydrogen) atoms. The summed E-state index contributed by atoms with van der Waals surface area (Å²) in [6.07, 6.45) is 4.77. The Hall–Kier alpha value is -1.48. The summed E-state index contributed by atoms with van der Waals surface area (Å²) >= 11 is 0. The molecule has 0 bridgehead atoms. The first kappa shape index (κ1) is 13.0. The molecule has 1 aromatic rings. The molecule has 98 valence electrons. The number of aliphatic hydroxyl groups excluding tert-OH is 1. The number of ether oxygens (including phenoxy) is 2. The van der Waals surface area contributed by atoms with Gasteiger partial charge in [0.05, 0.1) is 13.7 Å². The number of allylic oxidation sites excluding steroid dienone is 1. The Labute approximate surface area is 108 Å². The van der Waals surface area contributed by atoms with Gasteiger partial charge in [0.15, 0.2) is 0 Å². The third-order valence-corrected chi connectivity index (χ3v) is 3.22. The van der Waals surface area contributed by atoms with Gasteiger partial charge in [0.1, 0.15) is 17.6 Å². The standard InChI is InChI=1S/C15H20O3/c1-11-4-3-5-12-9-13(17-2)6-7-15(12)18-14(8-11)10-16/h4,6-7,9,14,16H,3,5,8,10H2,1-2H3. The Kier molecular flexibility index (Phi) is 4.26. The van der Waals surface area contributed by atoms with E-state index in [1.165, 1.54) is 5.57 Å². The van der Waals surface area contributed by atoms with Crippen LogP contribution in [0.15, 0.2) is 29.8 Å². The van der Waals surface area contributed by atoms with E-state index in [1.54, 1.807) is 7.11 Å². The van der Waals surface area contributed by atoms with E-state index >= 15 is 0 Å². The summed E-state index contributed by atoms with van der Waals surface area (Å²) in [5.74, 6) is 1.70. The van der Waals surface area contributed by atoms with E-state index in [0.717, 1.165) is 36.3 Å². The van der Waals surface area contributed by atoms with Gasteiger partial charge in [-0.1, -0.05) is 11.6 Å². The van der Waals surface area contributed by atoms with Crippen LogP contribution in [0.1, 0.15) is 25.3 Å². The first-order chi connectivity index (χ1) is 8.72. The van der Waals surface area contributed by atoms with Crippen molar-refractivity contribution in [1.29, 1.82) is 0 Å². The fraction of sp³-hybridized carbons (Fsp3) is 0.467. The highest BCUT2D eigenvalue weighted by molar-refractivity contribution is 5.41. The molecule has 0 fully saturated rings. The molecule has 3 nitrogen and oxygen atoms in total. The van der Waals surface area contributed by atoms with Gasteiger partial charge in [-0.25, -0.2) is 0 Å². The lowest BCUT2D eigenvalue weighted by Gasteiger charge is -2.18. The molecule has 1 atom stereocenters. The maximum Gasteiger partial charge on any atom is 0.125 e. The maximum absolute atomic E-state index is 9.37. The molecule has 1 aliphatic heterocycles. The van der Waals surface area contributed by atoms with Gasteiger partial charge in [0, 0.05) is 6.42 Å². The molecule has 2 rings (SSSR count). The highest BCUT2D eigenvalue weighted by Gasteiger charge is 2.15. The normalized spacial score (nSPS) is 19.7. The Morgan fingerprint density at radius 1 is 1.44 bits per heavy atom. The molecule has 0 saturated carbocycles. The zero-order chi connectivity index (χ0) is 13.0. The predicted octanol–water partition coefficient (Wildman–Crippen LogP) is 2.72. The molecule has 0 radical (unpaired) electrons. The first-order valence-corrected chi connectivity index (χ1v) is 6.33. The molecule has 0 saturated heterocycles. The van der Waals surface area contributed by atoms with Gasteiger partial charge in [-0.05, 0) is 43.5 Å². The number of rotatable bonds is 2. The van der Waals surface area contributed by atoms with Crippen LogP contribution in [0.5, 0.6) is 11.5 Å². The van der Waals surface area contributed by atoms with Gasteiger partial charge in [0.2, 0.25) is 0 Å². The first-order valence-electron chi connectivity index (χ1n) is 6.33. The Balaban J connectivity index is 2.30.